The van der Waals surface area contributed by atoms with Crippen molar-refractivity contribution in [1.29, 1.82) is 0 Å². The average Bonchev–Trinajstić information content (AvgIpc) is 2.70. The Hall–Kier alpha value is -1.65. The van der Waals surface area contributed by atoms with Crippen molar-refractivity contribution in [2.75, 3.05) is 18.0 Å². The summed E-state index contributed by atoms with van der Waals surface area (Å²) in [6.07, 6.45) is 6.76. The van der Waals surface area contributed by atoms with Crippen molar-refractivity contribution in [3.8, 4) is 0 Å². The fourth-order valence-electron chi connectivity index (χ4n) is 2.70. The molecule has 1 aromatic rings. The molecule has 1 amide bonds. The van der Waals surface area contributed by atoms with Gasteiger partial charge in [-0.25, -0.2) is 9.97 Å². The van der Waals surface area contributed by atoms with Crippen LogP contribution in [-0.2, 0) is 11.2 Å². The number of nitrogens with one attached hydrogen (secondary N) is 1. The van der Waals surface area contributed by atoms with E-state index >= 15 is 0 Å². The Labute approximate surface area is 107 Å². The van der Waals surface area contributed by atoms with Gasteiger partial charge < -0.3 is 10.2 Å². The molecule has 2 atom stereocenters. The van der Waals surface area contributed by atoms with Crippen LogP contribution in [0.2, 0.25) is 0 Å². The van der Waals surface area contributed by atoms with E-state index in [0.717, 1.165) is 43.9 Å². The molecular weight excluding hydrogens is 228 g/mol. The number of hydrogen-bond acceptors (Lipinski definition) is 4. The predicted octanol–water partition coefficient (Wildman–Crippen LogP) is 0.754. The Morgan fingerprint density at radius 3 is 2.78 bits per heavy atom. The molecule has 0 unspecified atom stereocenters. The number of carbonyl (C=O) groups excluding carboxylic acids is 1. The van der Waals surface area contributed by atoms with Gasteiger partial charge >= 0.3 is 0 Å². The fraction of sp³-hybridized carbons (Fsp3) is 0.615. The Morgan fingerprint density at radius 1 is 1.33 bits per heavy atom. The molecule has 0 aromatic carbocycles. The van der Waals surface area contributed by atoms with Gasteiger partial charge in [-0.3, -0.25) is 4.79 Å². The van der Waals surface area contributed by atoms with E-state index in [0.29, 0.717) is 0 Å². The lowest BCUT2D eigenvalue weighted by Crippen LogP contribution is -2.43. The third-order valence-corrected chi connectivity index (χ3v) is 3.85. The first-order chi connectivity index (χ1) is 8.76. The highest BCUT2D eigenvalue weighted by Crippen LogP contribution is 2.24. The molecule has 3 saturated heterocycles. The van der Waals surface area contributed by atoms with Gasteiger partial charge in [0.05, 0.1) is 5.92 Å². The van der Waals surface area contributed by atoms with E-state index in [1.165, 1.54) is 0 Å². The number of hydrogen-bond donors (Lipinski definition) is 1. The summed E-state index contributed by atoms with van der Waals surface area (Å²) in [5, 5.41) is 3.06. The van der Waals surface area contributed by atoms with Gasteiger partial charge in [-0.15, -0.1) is 0 Å². The number of rotatable bonds is 2. The maximum absolute atomic E-state index is 11.8. The Balaban J connectivity index is 1.81. The lowest BCUT2D eigenvalue weighted by Gasteiger charge is -2.22. The molecule has 3 fully saturated rings. The zero-order valence-corrected chi connectivity index (χ0v) is 10.6. The van der Waals surface area contributed by atoms with Crippen molar-refractivity contribution in [3.05, 3.63) is 18.0 Å². The van der Waals surface area contributed by atoms with Crippen LogP contribution in [0.15, 0.2) is 12.4 Å². The number of fused-ring (bicyclic) bond motifs is 4. The van der Waals surface area contributed by atoms with Gasteiger partial charge in [0, 0.05) is 31.5 Å². The predicted molar refractivity (Wildman–Crippen MR) is 68.3 cm³/mol. The first kappa shape index (κ1) is 11.4. The minimum Gasteiger partial charge on any atom is -0.351 e. The lowest BCUT2D eigenvalue weighted by atomic mass is 9.96. The van der Waals surface area contributed by atoms with E-state index in [9.17, 15) is 4.79 Å². The minimum absolute atomic E-state index is 0.0956. The summed E-state index contributed by atoms with van der Waals surface area (Å²) in [6, 6.07) is 0.255. The summed E-state index contributed by atoms with van der Waals surface area (Å²) >= 11 is 0. The SMILES string of the molecule is CCc1cnc(N2C[C@H]3CC[C@@H](C2)C(=O)N3)nc1. The number of nitrogens with zero attached hydrogens (tertiary/aromatic N) is 3. The molecule has 4 rings (SSSR count). The molecule has 2 bridgehead atoms. The van der Waals surface area contributed by atoms with Crippen LogP contribution in [-0.4, -0.2) is 35.0 Å². The molecule has 1 aromatic heterocycles. The third kappa shape index (κ3) is 2.05. The quantitative estimate of drug-likeness (QED) is 0.836. The van der Waals surface area contributed by atoms with Gasteiger partial charge in [0.1, 0.15) is 0 Å². The Morgan fingerprint density at radius 2 is 2.11 bits per heavy atom. The van der Waals surface area contributed by atoms with E-state index in [2.05, 4.69) is 27.1 Å². The van der Waals surface area contributed by atoms with Crippen molar-refractivity contribution in [1.82, 2.24) is 15.3 Å². The van der Waals surface area contributed by atoms with Gasteiger partial charge in [-0.05, 0) is 24.8 Å². The van der Waals surface area contributed by atoms with Crippen LogP contribution in [0.1, 0.15) is 25.3 Å². The van der Waals surface area contributed by atoms with E-state index in [1.54, 1.807) is 0 Å². The van der Waals surface area contributed by atoms with Crippen LogP contribution in [0.4, 0.5) is 5.95 Å². The van der Waals surface area contributed by atoms with Crippen molar-refractivity contribution in [3.63, 3.8) is 0 Å². The standard InChI is InChI=1S/C13H18N4O/c1-2-9-5-14-13(15-6-9)17-7-10-3-4-11(8-17)16-12(10)18/h5-6,10-11H,2-4,7-8H2,1H3,(H,16,18)/t10-,11+/m0/s1. The highest BCUT2D eigenvalue weighted by molar-refractivity contribution is 5.81. The summed E-state index contributed by atoms with van der Waals surface area (Å²) in [5.74, 6) is 1.04. The molecule has 3 aliphatic heterocycles. The lowest BCUT2D eigenvalue weighted by molar-refractivity contribution is -0.126. The van der Waals surface area contributed by atoms with Crippen molar-refractivity contribution < 1.29 is 4.79 Å². The first-order valence-corrected chi connectivity index (χ1v) is 6.62. The van der Waals surface area contributed by atoms with Gasteiger partial charge in [0.15, 0.2) is 0 Å². The fourth-order valence-corrected chi connectivity index (χ4v) is 2.70. The monoisotopic (exact) mass is 246 g/mol. The van der Waals surface area contributed by atoms with Crippen LogP contribution < -0.4 is 10.2 Å². The largest absolute Gasteiger partial charge is 0.351 e. The molecule has 1 N–H and O–H groups in total. The molecule has 5 heteroatoms. The zero-order chi connectivity index (χ0) is 12.5. The van der Waals surface area contributed by atoms with E-state index in [-0.39, 0.29) is 17.9 Å². The molecule has 5 nitrogen and oxygen atoms in total. The van der Waals surface area contributed by atoms with Crippen LogP contribution >= 0.6 is 0 Å². The highest BCUT2D eigenvalue weighted by Gasteiger charge is 2.35. The summed E-state index contributed by atoms with van der Waals surface area (Å²) in [5.41, 5.74) is 1.14. The van der Waals surface area contributed by atoms with Crippen molar-refractivity contribution >= 4 is 11.9 Å². The van der Waals surface area contributed by atoms with Crippen LogP contribution in [0, 0.1) is 5.92 Å². The topological polar surface area (TPSA) is 58.1 Å². The summed E-state index contributed by atoms with van der Waals surface area (Å²) in [6.45, 7) is 3.66. The number of carbonyl (C=O) groups is 1. The summed E-state index contributed by atoms with van der Waals surface area (Å²) in [4.78, 5) is 22.7. The van der Waals surface area contributed by atoms with E-state index in [1.807, 2.05) is 12.4 Å². The Kier molecular flexibility index (Phi) is 2.89. The van der Waals surface area contributed by atoms with Crippen molar-refractivity contribution in [2.24, 2.45) is 5.92 Å². The molecule has 96 valence electrons. The second-order valence-electron chi connectivity index (χ2n) is 5.13. The summed E-state index contributed by atoms with van der Waals surface area (Å²) < 4.78 is 0. The smallest absolute Gasteiger partial charge is 0.225 e. The number of piperidine rings is 1. The first-order valence-electron chi connectivity index (χ1n) is 6.62. The highest BCUT2D eigenvalue weighted by atomic mass is 16.2. The minimum atomic E-state index is 0.0956. The maximum Gasteiger partial charge on any atom is 0.225 e. The van der Waals surface area contributed by atoms with Gasteiger partial charge in [-0.1, -0.05) is 6.92 Å². The van der Waals surface area contributed by atoms with Crippen molar-refractivity contribution in [2.45, 2.75) is 32.2 Å². The third-order valence-electron chi connectivity index (χ3n) is 3.85. The van der Waals surface area contributed by atoms with E-state index in [4.69, 9.17) is 0 Å². The number of aromatic nitrogens is 2. The average molecular weight is 246 g/mol. The number of aryl methyl sites for hydroxylation is 1. The zero-order valence-electron chi connectivity index (χ0n) is 10.6. The van der Waals surface area contributed by atoms with Crippen LogP contribution in [0.5, 0.6) is 0 Å². The number of amides is 1. The van der Waals surface area contributed by atoms with Gasteiger partial charge in [0.2, 0.25) is 11.9 Å². The van der Waals surface area contributed by atoms with Gasteiger partial charge in [-0.2, -0.15) is 0 Å². The second kappa shape index (κ2) is 4.55. The number of anilines is 1. The maximum atomic E-state index is 11.8. The van der Waals surface area contributed by atoms with Crippen LogP contribution in [0.25, 0.3) is 0 Å². The molecular formula is C13H18N4O. The molecule has 0 saturated carbocycles. The molecule has 0 radical (unpaired) electrons. The normalized spacial score (nSPS) is 26.9. The molecule has 0 spiro atoms. The molecule has 0 aliphatic carbocycles. The van der Waals surface area contributed by atoms with Crippen LogP contribution in [0.3, 0.4) is 0 Å². The second-order valence-corrected chi connectivity index (χ2v) is 5.13. The molecule has 4 heterocycles. The molecule has 3 aliphatic rings. The Bertz CT molecular complexity index is 445. The molecule has 18 heavy (non-hydrogen) atoms. The van der Waals surface area contributed by atoms with Gasteiger partial charge in [0.25, 0.3) is 0 Å². The summed E-state index contributed by atoms with van der Waals surface area (Å²) in [7, 11) is 0. The van der Waals surface area contributed by atoms with E-state index < -0.39 is 0 Å².